The van der Waals surface area contributed by atoms with E-state index in [0.29, 0.717) is 17.6 Å². The molecule has 0 unspecified atom stereocenters. The number of hydrogen-bond acceptors (Lipinski definition) is 3. The Morgan fingerprint density at radius 3 is 3.13 bits per heavy atom. The van der Waals surface area contributed by atoms with Crippen LogP contribution in [0.2, 0.25) is 0 Å². The standard InChI is InChI=1S/C10H5FN2OS/c11-3-5-8-6(13-10(5)14)1-2-7-9(8)15-4-12-7/h1-4H,(H,13,14)/b5-3-. The highest BCUT2D eigenvalue weighted by molar-refractivity contribution is 7.17. The number of carbonyl (C=O) groups excluding carboxylic acids is 1. The molecule has 0 radical (unpaired) electrons. The van der Waals surface area contributed by atoms with Crippen molar-refractivity contribution in [3.63, 3.8) is 0 Å². The summed E-state index contributed by atoms with van der Waals surface area (Å²) in [5, 5.41) is 2.61. The van der Waals surface area contributed by atoms with E-state index in [1.165, 1.54) is 11.3 Å². The second-order valence-corrected chi connectivity index (χ2v) is 4.02. The van der Waals surface area contributed by atoms with Gasteiger partial charge in [0.2, 0.25) is 0 Å². The highest BCUT2D eigenvalue weighted by Crippen LogP contribution is 2.38. The van der Waals surface area contributed by atoms with Gasteiger partial charge in [-0.15, -0.1) is 11.3 Å². The number of thiazole rings is 1. The van der Waals surface area contributed by atoms with E-state index in [9.17, 15) is 9.18 Å². The van der Waals surface area contributed by atoms with Gasteiger partial charge in [0, 0.05) is 5.56 Å². The van der Waals surface area contributed by atoms with Crippen molar-refractivity contribution in [3.8, 4) is 0 Å². The van der Waals surface area contributed by atoms with Crippen LogP contribution in [0.3, 0.4) is 0 Å². The van der Waals surface area contributed by atoms with Crippen LogP contribution in [0, 0.1) is 0 Å². The summed E-state index contributed by atoms with van der Waals surface area (Å²) < 4.78 is 13.5. The van der Waals surface area contributed by atoms with Gasteiger partial charge < -0.3 is 5.32 Å². The Kier molecular flexibility index (Phi) is 1.63. The maximum absolute atomic E-state index is 12.6. The van der Waals surface area contributed by atoms with Gasteiger partial charge in [0.05, 0.1) is 27.0 Å². The molecule has 0 bridgehead atoms. The maximum Gasteiger partial charge on any atom is 0.258 e. The van der Waals surface area contributed by atoms with Crippen LogP contribution in [0.25, 0.3) is 15.8 Å². The van der Waals surface area contributed by atoms with E-state index in [1.54, 1.807) is 11.6 Å². The van der Waals surface area contributed by atoms with Crippen molar-refractivity contribution >= 4 is 38.7 Å². The lowest BCUT2D eigenvalue weighted by Crippen LogP contribution is -2.02. The van der Waals surface area contributed by atoms with E-state index >= 15 is 0 Å². The summed E-state index contributed by atoms with van der Waals surface area (Å²) in [5.41, 5.74) is 3.83. The average Bonchev–Trinajstić information content (AvgIpc) is 2.78. The first-order chi connectivity index (χ1) is 7.31. The maximum atomic E-state index is 12.6. The first kappa shape index (κ1) is 8.55. The third-order valence-corrected chi connectivity index (χ3v) is 3.23. The Morgan fingerprint density at radius 2 is 2.33 bits per heavy atom. The summed E-state index contributed by atoms with van der Waals surface area (Å²) in [4.78, 5) is 15.5. The Balaban J connectivity index is 2.44. The number of nitrogens with zero attached hydrogens (tertiary/aromatic N) is 1. The van der Waals surface area contributed by atoms with Crippen LogP contribution >= 0.6 is 11.3 Å². The summed E-state index contributed by atoms with van der Waals surface area (Å²) in [7, 11) is 0. The average molecular weight is 220 g/mol. The molecule has 0 saturated carbocycles. The van der Waals surface area contributed by atoms with Gasteiger partial charge in [0.15, 0.2) is 0 Å². The molecular weight excluding hydrogens is 215 g/mol. The molecule has 3 rings (SSSR count). The number of nitrogens with one attached hydrogen (secondary N) is 1. The summed E-state index contributed by atoms with van der Waals surface area (Å²) in [6, 6.07) is 3.55. The first-order valence-corrected chi connectivity index (χ1v) is 5.17. The lowest BCUT2D eigenvalue weighted by atomic mass is 10.1. The lowest BCUT2D eigenvalue weighted by Gasteiger charge is -1.97. The zero-order valence-electron chi connectivity index (χ0n) is 7.45. The SMILES string of the molecule is O=C1Nc2ccc3ncsc3c2/C1=C/F. The number of carbonyl (C=O) groups is 1. The van der Waals surface area contributed by atoms with E-state index in [0.717, 1.165) is 10.2 Å². The van der Waals surface area contributed by atoms with Gasteiger partial charge in [0.25, 0.3) is 5.91 Å². The molecule has 0 spiro atoms. The van der Waals surface area contributed by atoms with E-state index in [-0.39, 0.29) is 5.57 Å². The normalized spacial score (nSPS) is 17.1. The third kappa shape index (κ3) is 1.04. The van der Waals surface area contributed by atoms with Gasteiger partial charge in [-0.1, -0.05) is 0 Å². The Hall–Kier alpha value is -1.75. The fraction of sp³-hybridized carbons (Fsp3) is 0. The van der Waals surface area contributed by atoms with Gasteiger partial charge in [-0.3, -0.25) is 4.79 Å². The topological polar surface area (TPSA) is 42.0 Å². The Bertz CT molecular complexity index is 602. The van der Waals surface area contributed by atoms with Crippen LogP contribution in [0.4, 0.5) is 10.1 Å². The van der Waals surface area contributed by atoms with Crippen molar-refractivity contribution in [2.45, 2.75) is 0 Å². The van der Waals surface area contributed by atoms with E-state index < -0.39 is 5.91 Å². The molecule has 0 aliphatic carbocycles. The van der Waals surface area contributed by atoms with Gasteiger partial charge in [0.1, 0.15) is 6.33 Å². The van der Waals surface area contributed by atoms with Crippen LogP contribution in [-0.4, -0.2) is 10.9 Å². The Labute approximate surface area is 88.2 Å². The van der Waals surface area contributed by atoms with Crippen LogP contribution in [0.1, 0.15) is 5.56 Å². The van der Waals surface area contributed by atoms with Gasteiger partial charge in [-0.2, -0.15) is 0 Å². The molecule has 1 aliphatic heterocycles. The van der Waals surface area contributed by atoms with Gasteiger partial charge >= 0.3 is 0 Å². The molecule has 0 fully saturated rings. The molecular formula is C10H5FN2OS. The molecule has 1 aliphatic rings. The molecule has 74 valence electrons. The number of amides is 1. The third-order valence-electron chi connectivity index (χ3n) is 2.37. The highest BCUT2D eigenvalue weighted by atomic mass is 32.1. The number of halogens is 1. The molecule has 0 saturated heterocycles. The summed E-state index contributed by atoms with van der Waals surface area (Å²) in [5.74, 6) is -0.395. The van der Waals surface area contributed by atoms with Crippen LogP contribution in [0.5, 0.6) is 0 Å². The molecule has 1 aromatic carbocycles. The van der Waals surface area contributed by atoms with Gasteiger partial charge in [-0.25, -0.2) is 9.37 Å². The van der Waals surface area contributed by atoms with E-state index in [2.05, 4.69) is 10.3 Å². The minimum Gasteiger partial charge on any atom is -0.321 e. The fourth-order valence-corrected chi connectivity index (χ4v) is 2.56. The minimum absolute atomic E-state index is 0.0832. The zero-order chi connectivity index (χ0) is 10.4. The molecule has 1 amide bonds. The summed E-state index contributed by atoms with van der Waals surface area (Å²) in [6.45, 7) is 0. The molecule has 5 heteroatoms. The van der Waals surface area contributed by atoms with Crippen molar-refractivity contribution in [1.82, 2.24) is 4.98 Å². The van der Waals surface area contributed by atoms with Crippen molar-refractivity contribution in [2.75, 3.05) is 5.32 Å². The first-order valence-electron chi connectivity index (χ1n) is 4.29. The number of aromatic nitrogens is 1. The molecule has 1 aromatic heterocycles. The molecule has 2 heterocycles. The number of rotatable bonds is 0. The summed E-state index contributed by atoms with van der Waals surface area (Å²) in [6.07, 6.45) is 0.348. The minimum atomic E-state index is -0.395. The van der Waals surface area contributed by atoms with E-state index in [4.69, 9.17) is 0 Å². The monoisotopic (exact) mass is 220 g/mol. The molecule has 2 aromatic rings. The quantitative estimate of drug-likeness (QED) is 0.693. The predicted molar refractivity (Wildman–Crippen MR) is 57.3 cm³/mol. The molecule has 3 nitrogen and oxygen atoms in total. The summed E-state index contributed by atoms with van der Waals surface area (Å²) >= 11 is 1.40. The number of fused-ring (bicyclic) bond motifs is 3. The fourth-order valence-electron chi connectivity index (χ4n) is 1.71. The highest BCUT2D eigenvalue weighted by Gasteiger charge is 2.27. The van der Waals surface area contributed by atoms with Crippen molar-refractivity contribution < 1.29 is 9.18 Å². The largest absolute Gasteiger partial charge is 0.321 e. The van der Waals surface area contributed by atoms with Crippen LogP contribution in [0.15, 0.2) is 24.0 Å². The number of benzene rings is 1. The molecule has 1 N–H and O–H groups in total. The number of hydrogen-bond donors (Lipinski definition) is 1. The van der Waals surface area contributed by atoms with Crippen LogP contribution in [-0.2, 0) is 4.79 Å². The van der Waals surface area contributed by atoms with Crippen LogP contribution < -0.4 is 5.32 Å². The van der Waals surface area contributed by atoms with Crippen molar-refractivity contribution in [2.24, 2.45) is 0 Å². The van der Waals surface area contributed by atoms with E-state index in [1.807, 2.05) is 6.07 Å². The molecule has 15 heavy (non-hydrogen) atoms. The van der Waals surface area contributed by atoms with Gasteiger partial charge in [-0.05, 0) is 12.1 Å². The second kappa shape index (κ2) is 2.87. The molecule has 0 atom stereocenters. The smallest absolute Gasteiger partial charge is 0.258 e. The van der Waals surface area contributed by atoms with Crippen molar-refractivity contribution in [3.05, 3.63) is 29.5 Å². The second-order valence-electron chi connectivity index (χ2n) is 3.17. The number of anilines is 1. The lowest BCUT2D eigenvalue weighted by molar-refractivity contribution is -0.110. The Morgan fingerprint density at radius 1 is 1.47 bits per heavy atom. The van der Waals surface area contributed by atoms with Crippen molar-refractivity contribution in [1.29, 1.82) is 0 Å². The zero-order valence-corrected chi connectivity index (χ0v) is 8.27. The predicted octanol–water partition coefficient (Wildman–Crippen LogP) is 2.56.